The lowest BCUT2D eigenvalue weighted by atomic mass is 10.0. The molecule has 1 aromatic heterocycles. The minimum absolute atomic E-state index is 0.680. The molecule has 0 saturated carbocycles. The van der Waals surface area contributed by atoms with E-state index in [-0.39, 0.29) is 0 Å². The molecule has 0 saturated heterocycles. The second-order valence-corrected chi connectivity index (χ2v) is 5.03. The molecule has 0 aliphatic heterocycles. The molecule has 0 amide bonds. The van der Waals surface area contributed by atoms with Gasteiger partial charge in [0.1, 0.15) is 0 Å². The van der Waals surface area contributed by atoms with Gasteiger partial charge in [-0.1, -0.05) is 23.7 Å². The van der Waals surface area contributed by atoms with Crippen molar-refractivity contribution < 1.29 is 9.47 Å². The fourth-order valence-corrected chi connectivity index (χ4v) is 2.54. The highest BCUT2D eigenvalue weighted by atomic mass is 35.5. The number of ether oxygens (including phenoxy) is 2. The summed E-state index contributed by atoms with van der Waals surface area (Å²) in [4.78, 5) is 4.36. The summed E-state index contributed by atoms with van der Waals surface area (Å²) in [6.45, 7) is 0. The van der Waals surface area contributed by atoms with Crippen LogP contribution < -0.4 is 9.47 Å². The number of nitrogens with zero attached hydrogens (tertiary/aromatic N) is 1. The van der Waals surface area contributed by atoms with Crippen molar-refractivity contribution in [3.8, 4) is 22.6 Å². The molecule has 1 heterocycles. The third kappa shape index (κ3) is 2.52. The van der Waals surface area contributed by atoms with Gasteiger partial charge in [0.05, 0.1) is 19.7 Å². The average molecular weight is 300 g/mol. The van der Waals surface area contributed by atoms with Gasteiger partial charge in [-0.3, -0.25) is 4.98 Å². The highest BCUT2D eigenvalue weighted by molar-refractivity contribution is 6.31. The number of pyridine rings is 1. The normalized spacial score (nSPS) is 10.6. The number of fused-ring (bicyclic) bond motifs is 1. The summed E-state index contributed by atoms with van der Waals surface area (Å²) in [5.74, 6) is 1.41. The number of aromatic nitrogens is 1. The Labute approximate surface area is 128 Å². The number of halogens is 1. The van der Waals surface area contributed by atoms with Crippen LogP contribution in [0.15, 0.2) is 48.7 Å². The van der Waals surface area contributed by atoms with Crippen molar-refractivity contribution in [2.75, 3.05) is 14.2 Å². The first-order valence-electron chi connectivity index (χ1n) is 6.49. The molecule has 4 heteroatoms. The van der Waals surface area contributed by atoms with Crippen LogP contribution in [0.5, 0.6) is 11.5 Å². The number of benzene rings is 2. The maximum absolute atomic E-state index is 6.03. The number of hydrogen-bond donors (Lipinski definition) is 0. The van der Waals surface area contributed by atoms with Crippen LogP contribution in [0.3, 0.4) is 0 Å². The molecule has 106 valence electrons. The second-order valence-electron chi connectivity index (χ2n) is 4.59. The van der Waals surface area contributed by atoms with Crippen molar-refractivity contribution >= 4 is 22.5 Å². The first-order chi connectivity index (χ1) is 10.2. The molecule has 3 aromatic rings. The molecule has 0 aliphatic rings. The molecule has 0 fully saturated rings. The molecule has 3 rings (SSSR count). The van der Waals surface area contributed by atoms with Gasteiger partial charge in [-0.05, 0) is 41.5 Å². The van der Waals surface area contributed by atoms with Crippen molar-refractivity contribution in [3.05, 3.63) is 53.7 Å². The number of hydrogen-bond acceptors (Lipinski definition) is 3. The molecular formula is C17H14ClNO2. The molecule has 2 aromatic carbocycles. The van der Waals surface area contributed by atoms with Gasteiger partial charge in [0.15, 0.2) is 11.5 Å². The lowest BCUT2D eigenvalue weighted by Crippen LogP contribution is -1.91. The summed E-state index contributed by atoms with van der Waals surface area (Å²) in [7, 11) is 3.26. The molecule has 0 N–H and O–H groups in total. The SMILES string of the molecule is COc1ccc(-c2ccnc3cc(Cl)ccc23)cc1OC. The minimum atomic E-state index is 0.680. The quantitative estimate of drug-likeness (QED) is 0.710. The van der Waals surface area contributed by atoms with Crippen LogP contribution in [-0.2, 0) is 0 Å². The monoisotopic (exact) mass is 299 g/mol. The van der Waals surface area contributed by atoms with Crippen LogP contribution in [0.2, 0.25) is 5.02 Å². The predicted molar refractivity (Wildman–Crippen MR) is 85.3 cm³/mol. The van der Waals surface area contributed by atoms with Crippen LogP contribution >= 0.6 is 11.6 Å². The van der Waals surface area contributed by atoms with Crippen LogP contribution in [0.4, 0.5) is 0 Å². The summed E-state index contributed by atoms with van der Waals surface area (Å²) in [5.41, 5.74) is 3.00. The Morgan fingerprint density at radius 2 is 1.71 bits per heavy atom. The first kappa shape index (κ1) is 13.7. The molecule has 0 bridgehead atoms. The fourth-order valence-electron chi connectivity index (χ4n) is 2.38. The van der Waals surface area contributed by atoms with E-state index < -0.39 is 0 Å². The Morgan fingerprint density at radius 3 is 2.48 bits per heavy atom. The van der Waals surface area contributed by atoms with E-state index in [2.05, 4.69) is 4.98 Å². The smallest absolute Gasteiger partial charge is 0.161 e. The van der Waals surface area contributed by atoms with E-state index in [1.807, 2.05) is 42.5 Å². The Bertz CT molecular complexity index is 802. The lowest BCUT2D eigenvalue weighted by Gasteiger charge is -2.11. The lowest BCUT2D eigenvalue weighted by molar-refractivity contribution is 0.355. The van der Waals surface area contributed by atoms with Gasteiger partial charge in [0.2, 0.25) is 0 Å². The average Bonchev–Trinajstić information content (AvgIpc) is 2.53. The Morgan fingerprint density at radius 1 is 0.905 bits per heavy atom. The third-order valence-corrected chi connectivity index (χ3v) is 3.63. The third-order valence-electron chi connectivity index (χ3n) is 3.40. The van der Waals surface area contributed by atoms with E-state index in [4.69, 9.17) is 21.1 Å². The largest absolute Gasteiger partial charge is 0.493 e. The van der Waals surface area contributed by atoms with E-state index in [0.29, 0.717) is 16.5 Å². The van der Waals surface area contributed by atoms with E-state index >= 15 is 0 Å². The van der Waals surface area contributed by atoms with Crippen LogP contribution in [0.25, 0.3) is 22.0 Å². The van der Waals surface area contributed by atoms with Crippen molar-refractivity contribution in [3.63, 3.8) is 0 Å². The fraction of sp³-hybridized carbons (Fsp3) is 0.118. The van der Waals surface area contributed by atoms with E-state index in [0.717, 1.165) is 22.0 Å². The van der Waals surface area contributed by atoms with Gasteiger partial charge in [0.25, 0.3) is 0 Å². The summed E-state index contributed by atoms with van der Waals surface area (Å²) in [6, 6.07) is 13.6. The Hall–Kier alpha value is -2.26. The predicted octanol–water partition coefficient (Wildman–Crippen LogP) is 4.57. The summed E-state index contributed by atoms with van der Waals surface area (Å²) >= 11 is 6.03. The standard InChI is InChI=1S/C17H14ClNO2/c1-20-16-6-3-11(9-17(16)21-2)13-7-8-19-15-10-12(18)4-5-14(13)15/h3-10H,1-2H3. The maximum Gasteiger partial charge on any atom is 0.161 e. The van der Waals surface area contributed by atoms with E-state index in [9.17, 15) is 0 Å². The van der Waals surface area contributed by atoms with Crippen LogP contribution in [-0.4, -0.2) is 19.2 Å². The topological polar surface area (TPSA) is 31.4 Å². The molecule has 0 atom stereocenters. The molecule has 21 heavy (non-hydrogen) atoms. The Balaban J connectivity index is 2.20. The van der Waals surface area contributed by atoms with Gasteiger partial charge >= 0.3 is 0 Å². The van der Waals surface area contributed by atoms with Gasteiger partial charge in [-0.25, -0.2) is 0 Å². The van der Waals surface area contributed by atoms with E-state index in [1.165, 1.54) is 0 Å². The molecule has 0 radical (unpaired) electrons. The summed E-state index contributed by atoms with van der Waals surface area (Å²) in [5, 5.41) is 1.73. The van der Waals surface area contributed by atoms with Gasteiger partial charge in [0, 0.05) is 16.6 Å². The number of rotatable bonds is 3. The minimum Gasteiger partial charge on any atom is -0.493 e. The van der Waals surface area contributed by atoms with Gasteiger partial charge in [-0.15, -0.1) is 0 Å². The van der Waals surface area contributed by atoms with Gasteiger partial charge < -0.3 is 9.47 Å². The van der Waals surface area contributed by atoms with Gasteiger partial charge in [-0.2, -0.15) is 0 Å². The molecule has 0 aliphatic carbocycles. The van der Waals surface area contributed by atoms with Crippen molar-refractivity contribution in [1.82, 2.24) is 4.98 Å². The zero-order chi connectivity index (χ0) is 14.8. The Kier molecular flexibility index (Phi) is 3.67. The highest BCUT2D eigenvalue weighted by Gasteiger charge is 2.09. The molecule has 0 spiro atoms. The number of methoxy groups -OCH3 is 2. The molecular weight excluding hydrogens is 286 g/mol. The summed E-state index contributed by atoms with van der Waals surface area (Å²) < 4.78 is 10.6. The maximum atomic E-state index is 6.03. The molecule has 0 unspecified atom stereocenters. The van der Waals surface area contributed by atoms with Crippen molar-refractivity contribution in [2.45, 2.75) is 0 Å². The van der Waals surface area contributed by atoms with E-state index in [1.54, 1.807) is 20.4 Å². The van der Waals surface area contributed by atoms with Crippen LogP contribution in [0.1, 0.15) is 0 Å². The molecule has 3 nitrogen and oxygen atoms in total. The highest BCUT2D eigenvalue weighted by Crippen LogP contribution is 2.35. The zero-order valence-electron chi connectivity index (χ0n) is 11.8. The van der Waals surface area contributed by atoms with Crippen LogP contribution in [0, 0.1) is 0 Å². The summed E-state index contributed by atoms with van der Waals surface area (Å²) in [6.07, 6.45) is 1.78. The second kappa shape index (κ2) is 5.62. The zero-order valence-corrected chi connectivity index (χ0v) is 12.5. The van der Waals surface area contributed by atoms with Crippen molar-refractivity contribution in [2.24, 2.45) is 0 Å². The first-order valence-corrected chi connectivity index (χ1v) is 6.87. The van der Waals surface area contributed by atoms with Crippen molar-refractivity contribution in [1.29, 1.82) is 0 Å².